The lowest BCUT2D eigenvalue weighted by molar-refractivity contribution is 0.660. The van der Waals surface area contributed by atoms with Crippen LogP contribution in [0.5, 0.6) is 0 Å². The summed E-state index contributed by atoms with van der Waals surface area (Å²) < 4.78 is 0. The minimum atomic E-state index is -1.17. The van der Waals surface area contributed by atoms with Gasteiger partial charge in [-0.1, -0.05) is 183 Å². The van der Waals surface area contributed by atoms with E-state index in [2.05, 4.69) is 308 Å². The van der Waals surface area contributed by atoms with Crippen molar-refractivity contribution in [3.05, 3.63) is 273 Å². The van der Waals surface area contributed by atoms with Crippen LogP contribution in [0.15, 0.2) is 216 Å². The van der Waals surface area contributed by atoms with Crippen molar-refractivity contribution in [1.82, 2.24) is 0 Å². The standard InChI is InChI=1S/C76H68N2S/c1-49-11-27-57(28-12-49)77(58-29-13-50(2)14-30-58)61-35-39-65-63-37-23-55(45-69(63)75(5,6)71(65)47-61)21-19-53-25-41-73-67(43-53)68-44-54(26-42-74(68)79(73,9)10)20-22-56-24-38-64-66-40-36-62(48-72(66)76(7,8)70(64)46-56)78(59-31-15-51(3)16-32-59)60-33-17-52(4)18-34-60/h11-48H,1-10H3/b21-19+,22-20+. The van der Waals surface area contributed by atoms with Gasteiger partial charge in [0.25, 0.3) is 0 Å². The van der Waals surface area contributed by atoms with E-state index in [0.29, 0.717) is 0 Å². The van der Waals surface area contributed by atoms with E-state index in [1.54, 1.807) is 0 Å². The first-order chi connectivity index (χ1) is 38.0. The first-order valence-electron chi connectivity index (χ1n) is 27.9. The van der Waals surface area contributed by atoms with Gasteiger partial charge in [0.1, 0.15) is 0 Å². The van der Waals surface area contributed by atoms with Crippen molar-refractivity contribution in [2.24, 2.45) is 0 Å². The van der Waals surface area contributed by atoms with Gasteiger partial charge in [0.05, 0.1) is 0 Å². The third-order valence-corrected chi connectivity index (χ3v) is 20.3. The molecule has 1 heterocycles. The summed E-state index contributed by atoms with van der Waals surface area (Å²) in [7, 11) is -1.17. The van der Waals surface area contributed by atoms with Gasteiger partial charge in [0, 0.05) is 54.7 Å². The molecule has 1 aliphatic heterocycles. The van der Waals surface area contributed by atoms with Crippen LogP contribution in [0.25, 0.3) is 57.7 Å². The van der Waals surface area contributed by atoms with E-state index in [4.69, 9.17) is 0 Å². The van der Waals surface area contributed by atoms with Crippen LogP contribution in [0.1, 0.15) is 94.5 Å². The first-order valence-corrected chi connectivity index (χ1v) is 30.3. The topological polar surface area (TPSA) is 6.48 Å². The number of aryl methyl sites for hydroxylation is 4. The van der Waals surface area contributed by atoms with Crippen molar-refractivity contribution in [2.45, 2.75) is 76.0 Å². The van der Waals surface area contributed by atoms with Crippen molar-refractivity contribution in [3.63, 3.8) is 0 Å². The Morgan fingerprint density at radius 3 is 0.848 bits per heavy atom. The van der Waals surface area contributed by atoms with E-state index >= 15 is 0 Å². The first kappa shape index (κ1) is 50.2. The SMILES string of the molecule is Cc1ccc(N(c2ccc(C)cc2)c2ccc3c(c2)C(C)(C)c2cc(/C=C/c4ccc5c(c4)-c4cc(/C=C/c6ccc7c(c6)C(C)(C)c6cc(N(c8ccc(C)cc8)c8ccc(C)cc8)ccc6-7)ccc4S5(C)C)ccc2-3)cc1. The molecule has 0 saturated carbocycles. The van der Waals surface area contributed by atoms with Gasteiger partial charge in [0.2, 0.25) is 0 Å². The molecule has 10 aromatic rings. The summed E-state index contributed by atoms with van der Waals surface area (Å²) in [5.41, 5.74) is 30.0. The highest BCUT2D eigenvalue weighted by molar-refractivity contribution is 8.33. The Hall–Kier alpha value is -8.37. The number of fused-ring (bicyclic) bond motifs is 9. The second-order valence-corrected chi connectivity index (χ2v) is 27.4. The lowest BCUT2D eigenvalue weighted by Gasteiger charge is -2.28. The van der Waals surface area contributed by atoms with Gasteiger partial charge >= 0.3 is 0 Å². The van der Waals surface area contributed by atoms with Crippen LogP contribution in [0.2, 0.25) is 0 Å². The minimum absolute atomic E-state index is 0.171. The number of benzene rings is 10. The molecule has 13 rings (SSSR count). The molecule has 2 aliphatic carbocycles. The van der Waals surface area contributed by atoms with Crippen molar-refractivity contribution < 1.29 is 0 Å². The zero-order chi connectivity index (χ0) is 54.5. The molecule has 10 aromatic carbocycles. The summed E-state index contributed by atoms with van der Waals surface area (Å²) >= 11 is 0. The van der Waals surface area contributed by atoms with Crippen LogP contribution in [0, 0.1) is 27.7 Å². The third-order valence-electron chi connectivity index (χ3n) is 17.4. The van der Waals surface area contributed by atoms with Crippen LogP contribution >= 0.6 is 10.0 Å². The number of nitrogens with zero attached hydrogens (tertiary/aromatic N) is 2. The normalized spacial score (nSPS) is 15.1. The molecule has 0 fully saturated rings. The molecule has 0 aromatic heterocycles. The Kier molecular flexibility index (Phi) is 12.0. The minimum Gasteiger partial charge on any atom is -0.310 e. The maximum absolute atomic E-state index is 2.45. The lowest BCUT2D eigenvalue weighted by Crippen LogP contribution is -2.16. The summed E-state index contributed by atoms with van der Waals surface area (Å²) in [6.07, 6.45) is 14.1. The van der Waals surface area contributed by atoms with Crippen molar-refractivity contribution in [2.75, 3.05) is 22.3 Å². The van der Waals surface area contributed by atoms with Crippen LogP contribution in [0.4, 0.5) is 34.1 Å². The maximum Gasteiger partial charge on any atom is 0.0465 e. The van der Waals surface area contributed by atoms with Gasteiger partial charge in [0.15, 0.2) is 0 Å². The second-order valence-electron chi connectivity index (χ2n) is 23.8. The molecule has 79 heavy (non-hydrogen) atoms. The summed E-state index contributed by atoms with van der Waals surface area (Å²) in [5.74, 6) is 0. The third kappa shape index (κ3) is 8.67. The molecule has 0 radical (unpaired) electrons. The molecule has 3 heteroatoms. The van der Waals surface area contributed by atoms with E-state index in [9.17, 15) is 0 Å². The molecule has 388 valence electrons. The van der Waals surface area contributed by atoms with Crippen molar-refractivity contribution in [3.8, 4) is 33.4 Å². The van der Waals surface area contributed by atoms with E-state index < -0.39 is 10.0 Å². The predicted molar refractivity (Wildman–Crippen MR) is 342 cm³/mol. The zero-order valence-electron chi connectivity index (χ0n) is 47.2. The van der Waals surface area contributed by atoms with Gasteiger partial charge in [-0.2, -0.15) is 10.0 Å². The van der Waals surface area contributed by atoms with Gasteiger partial charge in [-0.15, -0.1) is 0 Å². The summed E-state index contributed by atoms with van der Waals surface area (Å²) in [6.45, 7) is 18.1. The fraction of sp³-hybridized carbons (Fsp3) is 0.158. The maximum atomic E-state index is 2.45. The fourth-order valence-corrected chi connectivity index (χ4v) is 15.2. The molecule has 0 amide bonds. The molecule has 2 nitrogen and oxygen atoms in total. The van der Waals surface area contributed by atoms with Crippen LogP contribution < -0.4 is 9.80 Å². The molecular formula is C76H68N2S. The van der Waals surface area contributed by atoms with Gasteiger partial charge in [-0.25, -0.2) is 0 Å². The van der Waals surface area contributed by atoms with Crippen molar-refractivity contribution in [1.29, 1.82) is 0 Å². The highest BCUT2D eigenvalue weighted by atomic mass is 32.3. The Morgan fingerprint density at radius 1 is 0.278 bits per heavy atom. The summed E-state index contributed by atoms with van der Waals surface area (Å²) in [4.78, 5) is 7.70. The highest BCUT2D eigenvalue weighted by Gasteiger charge is 2.38. The predicted octanol–water partition coefficient (Wildman–Crippen LogP) is 21.3. The summed E-state index contributed by atoms with van der Waals surface area (Å²) in [6, 6.07) is 78.0. The Bertz CT molecular complexity index is 3750. The molecule has 0 atom stereocenters. The Balaban J connectivity index is 0.754. The molecule has 0 unspecified atom stereocenters. The fourth-order valence-electron chi connectivity index (χ4n) is 12.8. The van der Waals surface area contributed by atoms with Crippen LogP contribution in [-0.4, -0.2) is 12.5 Å². The monoisotopic (exact) mass is 1040 g/mol. The number of anilines is 6. The van der Waals surface area contributed by atoms with E-state index in [1.807, 2.05) is 0 Å². The molecule has 3 aliphatic rings. The van der Waals surface area contributed by atoms with Gasteiger partial charge in [-0.3, -0.25) is 0 Å². The van der Waals surface area contributed by atoms with E-state index in [0.717, 1.165) is 22.7 Å². The van der Waals surface area contributed by atoms with Gasteiger partial charge in [-0.05, 0) is 215 Å². The van der Waals surface area contributed by atoms with Gasteiger partial charge < -0.3 is 9.80 Å². The van der Waals surface area contributed by atoms with E-state index in [1.165, 1.54) is 121 Å². The Labute approximate surface area is 470 Å². The zero-order valence-corrected chi connectivity index (χ0v) is 48.1. The molecular weight excluding hydrogens is 973 g/mol. The molecule has 0 N–H and O–H groups in total. The number of hydrogen-bond donors (Lipinski definition) is 0. The largest absolute Gasteiger partial charge is 0.310 e. The Morgan fingerprint density at radius 2 is 0.532 bits per heavy atom. The van der Waals surface area contributed by atoms with Crippen molar-refractivity contribution >= 4 is 68.5 Å². The quantitative estimate of drug-likeness (QED) is 0.126. The highest BCUT2D eigenvalue weighted by Crippen LogP contribution is 2.67. The van der Waals surface area contributed by atoms with E-state index in [-0.39, 0.29) is 10.8 Å². The average molecular weight is 1040 g/mol. The molecule has 0 bridgehead atoms. The molecule has 0 saturated heterocycles. The smallest absolute Gasteiger partial charge is 0.0465 e. The van der Waals surface area contributed by atoms with Crippen LogP contribution in [0.3, 0.4) is 0 Å². The molecule has 0 spiro atoms. The summed E-state index contributed by atoms with van der Waals surface area (Å²) in [5, 5.41) is 0. The second kappa shape index (κ2) is 18.9. The number of hydrogen-bond acceptors (Lipinski definition) is 2. The average Bonchev–Trinajstić information content (AvgIpc) is 4.16. The van der Waals surface area contributed by atoms with Crippen LogP contribution in [-0.2, 0) is 10.8 Å². The number of rotatable bonds is 10. The lowest BCUT2D eigenvalue weighted by atomic mass is 9.81.